The van der Waals surface area contributed by atoms with Crippen LogP contribution in [-0.4, -0.2) is 4.98 Å². The Bertz CT molecular complexity index is 1130. The van der Waals surface area contributed by atoms with E-state index < -0.39 is 0 Å². The van der Waals surface area contributed by atoms with Gasteiger partial charge in [0, 0.05) is 18.5 Å². The number of benzene rings is 2. The molecule has 0 bridgehead atoms. The molecule has 0 amide bonds. The van der Waals surface area contributed by atoms with E-state index in [0.717, 1.165) is 28.9 Å². The normalized spacial score (nSPS) is 11.2. The van der Waals surface area contributed by atoms with Gasteiger partial charge in [-0.25, -0.2) is 4.98 Å². The molecule has 148 valence electrons. The van der Waals surface area contributed by atoms with Crippen LogP contribution in [0.4, 0.5) is 5.82 Å². The van der Waals surface area contributed by atoms with Gasteiger partial charge in [0.1, 0.15) is 5.82 Å². The first-order chi connectivity index (χ1) is 13.9. The Balaban J connectivity index is 1.72. The van der Waals surface area contributed by atoms with Crippen molar-refractivity contribution in [2.24, 2.45) is 0 Å². The van der Waals surface area contributed by atoms with Crippen molar-refractivity contribution in [3.63, 3.8) is 0 Å². The van der Waals surface area contributed by atoms with Crippen LogP contribution < -0.4 is 4.90 Å². The van der Waals surface area contributed by atoms with E-state index in [1.54, 1.807) is 11.3 Å². The smallest absolute Gasteiger partial charge is 0.129 e. The minimum absolute atomic E-state index is 0.828. The first-order valence-corrected chi connectivity index (χ1v) is 11.5. The third kappa shape index (κ3) is 4.39. The molecule has 0 saturated heterocycles. The van der Waals surface area contributed by atoms with Gasteiger partial charge in [-0.05, 0) is 89.1 Å². The molecule has 4 rings (SSSR count). The molecule has 29 heavy (non-hydrogen) atoms. The summed E-state index contributed by atoms with van der Waals surface area (Å²) in [7, 11) is 0. The molecule has 0 saturated carbocycles. The number of hydrogen-bond donors (Lipinski definition) is 0. The van der Waals surface area contributed by atoms with Gasteiger partial charge in [-0.15, -0.1) is 11.3 Å². The number of hydrogen-bond acceptors (Lipinski definition) is 3. The molecule has 2 aromatic heterocycles. The lowest BCUT2D eigenvalue weighted by molar-refractivity contribution is 0.784. The molecular weight excluding hydrogens is 440 g/mol. The fraction of sp³-hybridized carbons (Fsp3) is 0.240. The predicted molar refractivity (Wildman–Crippen MR) is 129 cm³/mol. The Kier molecular flexibility index (Phi) is 5.75. The van der Waals surface area contributed by atoms with Crippen molar-refractivity contribution in [3.8, 4) is 0 Å². The molecule has 0 radical (unpaired) electrons. The minimum atomic E-state index is 0.828. The number of nitrogens with zero attached hydrogens (tertiary/aromatic N) is 2. The lowest BCUT2D eigenvalue weighted by atomic mass is 10.0. The van der Waals surface area contributed by atoms with Crippen molar-refractivity contribution < 1.29 is 0 Å². The van der Waals surface area contributed by atoms with Gasteiger partial charge in [-0.3, -0.25) is 0 Å². The van der Waals surface area contributed by atoms with Crippen molar-refractivity contribution in [3.05, 3.63) is 91.8 Å². The van der Waals surface area contributed by atoms with Crippen LogP contribution in [0.5, 0.6) is 0 Å². The van der Waals surface area contributed by atoms with Gasteiger partial charge >= 0.3 is 0 Å². The average Bonchev–Trinajstić information content (AvgIpc) is 3.07. The Hall–Kier alpha value is -2.17. The van der Waals surface area contributed by atoms with Crippen LogP contribution in [0.1, 0.15) is 33.4 Å². The van der Waals surface area contributed by atoms with Gasteiger partial charge in [0.15, 0.2) is 0 Å². The maximum Gasteiger partial charge on any atom is 0.129 e. The van der Waals surface area contributed by atoms with Crippen LogP contribution in [0.25, 0.3) is 10.2 Å². The van der Waals surface area contributed by atoms with Gasteiger partial charge in [0.25, 0.3) is 0 Å². The molecule has 4 heteroatoms. The van der Waals surface area contributed by atoms with Gasteiger partial charge < -0.3 is 4.90 Å². The fourth-order valence-electron chi connectivity index (χ4n) is 3.51. The fourth-order valence-corrected chi connectivity index (χ4v) is 4.98. The average molecular weight is 465 g/mol. The molecule has 0 atom stereocenters. The Morgan fingerprint density at radius 2 is 1.38 bits per heavy atom. The summed E-state index contributed by atoms with van der Waals surface area (Å²) in [5.41, 5.74) is 8.98. The number of anilines is 1. The van der Waals surface area contributed by atoms with Gasteiger partial charge in [-0.2, -0.15) is 0 Å². The van der Waals surface area contributed by atoms with Crippen molar-refractivity contribution in [1.29, 1.82) is 0 Å². The van der Waals surface area contributed by atoms with E-state index in [2.05, 4.69) is 102 Å². The molecule has 2 aromatic carbocycles. The molecule has 0 fully saturated rings. The van der Waals surface area contributed by atoms with Gasteiger partial charge in [0.05, 0.1) is 14.7 Å². The van der Waals surface area contributed by atoms with Crippen molar-refractivity contribution in [2.45, 2.75) is 40.8 Å². The van der Waals surface area contributed by atoms with Gasteiger partial charge in [0.2, 0.25) is 0 Å². The summed E-state index contributed by atoms with van der Waals surface area (Å²) in [6, 6.07) is 17.8. The summed E-state index contributed by atoms with van der Waals surface area (Å²) in [6.45, 7) is 10.3. The zero-order chi connectivity index (χ0) is 20.5. The summed E-state index contributed by atoms with van der Waals surface area (Å²) in [4.78, 5) is 7.37. The van der Waals surface area contributed by atoms with Crippen molar-refractivity contribution >= 4 is 43.3 Å². The number of rotatable bonds is 5. The zero-order valence-electron chi connectivity index (χ0n) is 17.3. The van der Waals surface area contributed by atoms with Crippen LogP contribution in [0.15, 0.2) is 58.4 Å². The van der Waals surface area contributed by atoms with E-state index in [-0.39, 0.29) is 0 Å². The highest BCUT2D eigenvalue weighted by Gasteiger charge is 2.13. The molecule has 0 N–H and O–H groups in total. The van der Waals surface area contributed by atoms with Crippen molar-refractivity contribution in [1.82, 2.24) is 4.98 Å². The summed E-state index contributed by atoms with van der Waals surface area (Å²) in [6.07, 6.45) is 0. The van der Waals surface area contributed by atoms with E-state index in [4.69, 9.17) is 4.98 Å². The van der Waals surface area contributed by atoms with Crippen LogP contribution in [0, 0.1) is 27.7 Å². The second kappa shape index (κ2) is 8.29. The maximum atomic E-state index is 5.00. The highest BCUT2D eigenvalue weighted by molar-refractivity contribution is 9.10. The highest BCUT2D eigenvalue weighted by atomic mass is 79.9. The van der Waals surface area contributed by atoms with E-state index in [9.17, 15) is 0 Å². The van der Waals surface area contributed by atoms with Crippen molar-refractivity contribution in [2.75, 3.05) is 4.90 Å². The number of aromatic nitrogens is 1. The number of halogens is 1. The van der Waals surface area contributed by atoms with E-state index >= 15 is 0 Å². The number of fused-ring (bicyclic) bond motifs is 1. The first-order valence-electron chi connectivity index (χ1n) is 9.81. The lowest BCUT2D eigenvalue weighted by Crippen LogP contribution is -2.23. The van der Waals surface area contributed by atoms with Gasteiger partial charge in [-0.1, -0.05) is 36.4 Å². The quantitative estimate of drug-likeness (QED) is 0.303. The Morgan fingerprint density at radius 3 is 1.93 bits per heavy atom. The number of aryl methyl sites for hydroxylation is 4. The Labute approximate surface area is 185 Å². The molecule has 2 nitrogen and oxygen atoms in total. The predicted octanol–water partition coefficient (Wildman–Crippen LogP) is 7.50. The molecule has 0 spiro atoms. The molecule has 0 aliphatic carbocycles. The molecule has 4 aromatic rings. The van der Waals surface area contributed by atoms with Crippen LogP contribution >= 0.6 is 27.3 Å². The maximum absolute atomic E-state index is 5.00. The van der Waals surface area contributed by atoms with E-state index in [1.807, 2.05) is 0 Å². The molecule has 0 aliphatic rings. The van der Waals surface area contributed by atoms with E-state index in [0.29, 0.717) is 0 Å². The monoisotopic (exact) mass is 464 g/mol. The second-order valence-corrected chi connectivity index (χ2v) is 9.56. The molecule has 0 unspecified atom stereocenters. The zero-order valence-corrected chi connectivity index (χ0v) is 19.7. The molecule has 0 aliphatic heterocycles. The van der Waals surface area contributed by atoms with Crippen LogP contribution in [-0.2, 0) is 13.1 Å². The Morgan fingerprint density at radius 1 is 0.793 bits per heavy atom. The summed E-state index contributed by atoms with van der Waals surface area (Å²) in [5, 5.41) is 2.11. The van der Waals surface area contributed by atoms with E-state index in [1.165, 1.54) is 38.1 Å². The SMILES string of the molecule is Cc1ccc(CN(Cc2ccc(C)c(C)c2)c2ccc3scc(Br)c3n2)cc1C. The number of pyridine rings is 1. The summed E-state index contributed by atoms with van der Waals surface area (Å²) < 4.78 is 2.27. The summed E-state index contributed by atoms with van der Waals surface area (Å²) in [5.74, 6) is 1.01. The summed E-state index contributed by atoms with van der Waals surface area (Å²) >= 11 is 5.37. The molecule has 2 heterocycles. The van der Waals surface area contributed by atoms with Crippen LogP contribution in [0.3, 0.4) is 0 Å². The first kappa shape index (κ1) is 20.1. The number of thiophene rings is 1. The highest BCUT2D eigenvalue weighted by Crippen LogP contribution is 2.31. The third-order valence-corrected chi connectivity index (χ3v) is 7.42. The second-order valence-electron chi connectivity index (χ2n) is 7.79. The third-order valence-electron chi connectivity index (χ3n) is 5.57. The topological polar surface area (TPSA) is 16.1 Å². The minimum Gasteiger partial charge on any atom is -0.348 e. The molecular formula is C25H25BrN2S. The lowest BCUT2D eigenvalue weighted by Gasteiger charge is -2.25. The largest absolute Gasteiger partial charge is 0.348 e. The standard InChI is InChI=1S/C25H25BrN2S/c1-16-5-7-20(11-18(16)3)13-28(14-21-8-6-17(2)19(4)12-21)24-10-9-23-25(27-24)22(26)15-29-23/h5-12,15H,13-14H2,1-4H3. The van der Waals surface area contributed by atoms with Crippen LogP contribution in [0.2, 0.25) is 0 Å².